The van der Waals surface area contributed by atoms with E-state index in [0.717, 1.165) is 78.9 Å². The maximum absolute atomic E-state index is 10.8. The van der Waals surface area contributed by atoms with Gasteiger partial charge in [0.25, 0.3) is 0 Å². The first-order valence-electron chi connectivity index (χ1n) is 14.7. The molecule has 0 atom stereocenters. The number of carbonyl (C=O) groups is 1. The van der Waals surface area contributed by atoms with Gasteiger partial charge in [0.1, 0.15) is 18.1 Å². The van der Waals surface area contributed by atoms with E-state index in [-0.39, 0.29) is 6.61 Å². The van der Waals surface area contributed by atoms with Gasteiger partial charge < -0.3 is 14.6 Å². The van der Waals surface area contributed by atoms with Crippen LogP contribution >= 0.6 is 0 Å². The van der Waals surface area contributed by atoms with Gasteiger partial charge in [-0.1, -0.05) is 67.9 Å². The van der Waals surface area contributed by atoms with Gasteiger partial charge >= 0.3 is 5.97 Å². The van der Waals surface area contributed by atoms with E-state index < -0.39 is 5.97 Å². The Labute approximate surface area is 242 Å². The van der Waals surface area contributed by atoms with Gasteiger partial charge in [0.15, 0.2) is 0 Å². The minimum Gasteiger partial charge on any atom is -0.497 e. The van der Waals surface area contributed by atoms with Crippen molar-refractivity contribution in [1.82, 2.24) is 9.78 Å². The quantitative estimate of drug-likeness (QED) is 0.194. The molecular formula is C35H40N2O4. The monoisotopic (exact) mass is 552 g/mol. The summed E-state index contributed by atoms with van der Waals surface area (Å²) < 4.78 is 13.1. The van der Waals surface area contributed by atoms with Gasteiger partial charge in [-0.2, -0.15) is 5.10 Å². The van der Waals surface area contributed by atoms with E-state index in [1.165, 1.54) is 11.1 Å². The first kappa shape index (κ1) is 28.6. The lowest BCUT2D eigenvalue weighted by atomic mass is 9.82. The zero-order valence-electron chi connectivity index (χ0n) is 24.1. The third-order valence-corrected chi connectivity index (χ3v) is 8.12. The van der Waals surface area contributed by atoms with E-state index in [9.17, 15) is 4.79 Å². The highest BCUT2D eigenvalue weighted by atomic mass is 16.5. The molecule has 1 aliphatic carbocycles. The number of carboxylic acids is 1. The summed E-state index contributed by atoms with van der Waals surface area (Å²) in [5, 5.41) is 14.2. The van der Waals surface area contributed by atoms with E-state index in [2.05, 4.69) is 78.3 Å². The van der Waals surface area contributed by atoms with Crippen LogP contribution in [0, 0.1) is 11.8 Å². The second-order valence-electron chi connectivity index (χ2n) is 11.1. The van der Waals surface area contributed by atoms with Crippen molar-refractivity contribution < 1.29 is 19.4 Å². The predicted molar refractivity (Wildman–Crippen MR) is 163 cm³/mol. The fourth-order valence-corrected chi connectivity index (χ4v) is 5.97. The van der Waals surface area contributed by atoms with E-state index >= 15 is 0 Å². The Morgan fingerprint density at radius 1 is 0.878 bits per heavy atom. The van der Waals surface area contributed by atoms with Crippen molar-refractivity contribution in [1.29, 1.82) is 0 Å². The number of aryl methyl sites for hydroxylation is 1. The number of aliphatic carboxylic acids is 1. The predicted octanol–water partition coefficient (Wildman–Crippen LogP) is 7.75. The second-order valence-corrected chi connectivity index (χ2v) is 11.1. The van der Waals surface area contributed by atoms with Crippen molar-refractivity contribution in [3.8, 4) is 39.4 Å². The van der Waals surface area contributed by atoms with Gasteiger partial charge in [-0.15, -0.1) is 0 Å². The molecular weight excluding hydrogens is 512 g/mol. The van der Waals surface area contributed by atoms with Crippen molar-refractivity contribution >= 4 is 5.97 Å². The summed E-state index contributed by atoms with van der Waals surface area (Å²) in [6.45, 7) is 3.36. The summed E-state index contributed by atoms with van der Waals surface area (Å²) in [5.41, 5.74) is 8.01. The molecule has 0 saturated heterocycles. The van der Waals surface area contributed by atoms with Crippen LogP contribution in [0.25, 0.3) is 33.6 Å². The van der Waals surface area contributed by atoms with Crippen LogP contribution in [0.15, 0.2) is 78.9 Å². The molecule has 5 rings (SSSR count). The zero-order chi connectivity index (χ0) is 28.6. The Balaban J connectivity index is 1.52. The Morgan fingerprint density at radius 3 is 2.17 bits per heavy atom. The Morgan fingerprint density at radius 2 is 1.54 bits per heavy atom. The Bertz CT molecular complexity index is 1400. The van der Waals surface area contributed by atoms with E-state index in [0.29, 0.717) is 18.4 Å². The van der Waals surface area contributed by atoms with Crippen LogP contribution in [-0.2, 0) is 22.5 Å². The van der Waals surface area contributed by atoms with Crippen LogP contribution in [0.5, 0.6) is 5.75 Å². The SMILES string of the molecule is CCCc1ccc(-c2c(-c3ccccc3)c(-c3ccc(OC)cc3)nn2CC2CCC(COCC(=O)O)CC2)cc1. The standard InChI is InChI=1S/C35H40N2O4/c1-3-7-25-14-16-30(17-15-25)35-33(28-8-5-4-6-9-28)34(29-18-20-31(40-2)21-19-29)36-37(35)22-26-10-12-27(13-11-26)23-41-24-32(38)39/h4-6,8-9,14-21,26-27H,3,7,10-13,22-24H2,1-2H3,(H,38,39). The highest BCUT2D eigenvalue weighted by Crippen LogP contribution is 2.41. The normalized spacial score (nSPS) is 16.9. The van der Waals surface area contributed by atoms with Gasteiger partial charge in [0.2, 0.25) is 0 Å². The summed E-state index contributed by atoms with van der Waals surface area (Å²) in [6, 6.07) is 27.8. The number of carboxylic acid groups (broad SMARTS) is 1. The summed E-state index contributed by atoms with van der Waals surface area (Å²) in [7, 11) is 1.69. The maximum Gasteiger partial charge on any atom is 0.329 e. The number of rotatable bonds is 12. The van der Waals surface area contributed by atoms with Crippen LogP contribution in [0.1, 0.15) is 44.6 Å². The number of hydrogen-bond acceptors (Lipinski definition) is 4. The molecule has 0 radical (unpaired) electrons. The molecule has 0 spiro atoms. The molecule has 1 saturated carbocycles. The van der Waals surface area contributed by atoms with Crippen molar-refractivity contribution in [2.75, 3.05) is 20.3 Å². The first-order chi connectivity index (χ1) is 20.1. The molecule has 214 valence electrons. The second kappa shape index (κ2) is 13.6. The van der Waals surface area contributed by atoms with E-state index in [1.807, 2.05) is 12.1 Å². The molecule has 0 aliphatic heterocycles. The summed E-state index contributed by atoms with van der Waals surface area (Å²) in [4.78, 5) is 10.8. The van der Waals surface area contributed by atoms with Crippen molar-refractivity contribution in [3.63, 3.8) is 0 Å². The molecule has 1 aliphatic rings. The number of benzene rings is 3. The highest BCUT2D eigenvalue weighted by molar-refractivity contribution is 5.91. The molecule has 6 heteroatoms. The molecule has 41 heavy (non-hydrogen) atoms. The molecule has 1 aromatic heterocycles. The highest BCUT2D eigenvalue weighted by Gasteiger charge is 2.27. The van der Waals surface area contributed by atoms with Crippen LogP contribution in [0.3, 0.4) is 0 Å². The molecule has 6 nitrogen and oxygen atoms in total. The summed E-state index contributed by atoms with van der Waals surface area (Å²) in [5.74, 6) is 0.833. The topological polar surface area (TPSA) is 73.6 Å². The minimum atomic E-state index is -0.908. The Kier molecular flexibility index (Phi) is 9.52. The van der Waals surface area contributed by atoms with E-state index in [1.54, 1.807) is 7.11 Å². The van der Waals surface area contributed by atoms with Crippen LogP contribution in [-0.4, -0.2) is 41.2 Å². The first-order valence-corrected chi connectivity index (χ1v) is 14.7. The van der Waals surface area contributed by atoms with Crippen molar-refractivity contribution in [3.05, 3.63) is 84.4 Å². The third-order valence-electron chi connectivity index (χ3n) is 8.12. The average Bonchev–Trinajstić information content (AvgIpc) is 3.38. The number of aromatic nitrogens is 2. The lowest BCUT2D eigenvalue weighted by Crippen LogP contribution is -2.23. The van der Waals surface area contributed by atoms with Crippen LogP contribution in [0.2, 0.25) is 0 Å². The number of methoxy groups -OCH3 is 1. The van der Waals surface area contributed by atoms with Crippen LogP contribution in [0.4, 0.5) is 0 Å². The average molecular weight is 553 g/mol. The van der Waals surface area contributed by atoms with E-state index in [4.69, 9.17) is 19.7 Å². The van der Waals surface area contributed by atoms with Gasteiger partial charge in [0, 0.05) is 23.2 Å². The molecule has 1 fully saturated rings. The number of nitrogens with zero attached hydrogens (tertiary/aromatic N) is 2. The van der Waals surface area contributed by atoms with Gasteiger partial charge in [-0.3, -0.25) is 4.68 Å². The van der Waals surface area contributed by atoms with Gasteiger partial charge in [-0.05, 0) is 79.3 Å². The lowest BCUT2D eigenvalue weighted by molar-refractivity contribution is -0.142. The fraction of sp³-hybridized carbons (Fsp3) is 0.371. The van der Waals surface area contributed by atoms with Gasteiger partial charge in [0.05, 0.1) is 19.4 Å². The maximum atomic E-state index is 10.8. The largest absolute Gasteiger partial charge is 0.497 e. The fourth-order valence-electron chi connectivity index (χ4n) is 5.97. The molecule has 1 heterocycles. The summed E-state index contributed by atoms with van der Waals surface area (Å²) in [6.07, 6.45) is 6.44. The van der Waals surface area contributed by atoms with Gasteiger partial charge in [-0.25, -0.2) is 4.79 Å². The number of ether oxygens (including phenoxy) is 2. The molecule has 4 aromatic rings. The third kappa shape index (κ3) is 7.06. The molecule has 0 amide bonds. The van der Waals surface area contributed by atoms with Crippen molar-refractivity contribution in [2.24, 2.45) is 11.8 Å². The van der Waals surface area contributed by atoms with Crippen molar-refractivity contribution in [2.45, 2.75) is 52.0 Å². The lowest BCUT2D eigenvalue weighted by Gasteiger charge is -2.28. The summed E-state index contributed by atoms with van der Waals surface area (Å²) >= 11 is 0. The molecule has 0 unspecified atom stereocenters. The molecule has 3 aromatic carbocycles. The smallest absolute Gasteiger partial charge is 0.329 e. The molecule has 0 bridgehead atoms. The Hall–Kier alpha value is -3.90. The minimum absolute atomic E-state index is 0.218. The zero-order valence-corrected chi connectivity index (χ0v) is 24.1. The molecule has 1 N–H and O–H groups in total. The number of hydrogen-bond donors (Lipinski definition) is 1. The van der Waals surface area contributed by atoms with Crippen LogP contribution < -0.4 is 4.74 Å².